The number of carboxylic acids is 2. The molecule has 0 aliphatic carbocycles. The second-order valence-electron chi connectivity index (χ2n) is 7.62. The summed E-state index contributed by atoms with van der Waals surface area (Å²) in [6, 6.07) is 12.9. The Bertz CT molecular complexity index is 1130. The second-order valence-corrected chi connectivity index (χ2v) is 7.62. The van der Waals surface area contributed by atoms with Gasteiger partial charge in [-0.1, -0.05) is 12.1 Å². The van der Waals surface area contributed by atoms with Crippen LogP contribution in [-0.4, -0.2) is 58.7 Å². The predicted octanol–water partition coefficient (Wildman–Crippen LogP) is 1.33. The van der Waals surface area contributed by atoms with Crippen LogP contribution in [0.25, 0.3) is 0 Å². The van der Waals surface area contributed by atoms with Crippen molar-refractivity contribution in [1.82, 2.24) is 5.32 Å². The van der Waals surface area contributed by atoms with Gasteiger partial charge in [-0.05, 0) is 54.8 Å². The van der Waals surface area contributed by atoms with Crippen LogP contribution in [-0.2, 0) is 20.8 Å². The summed E-state index contributed by atoms with van der Waals surface area (Å²) in [6.07, 6.45) is -4.58. The van der Waals surface area contributed by atoms with Gasteiger partial charge in [0.15, 0.2) is 5.96 Å². The first-order valence-electron chi connectivity index (χ1n) is 10.8. The van der Waals surface area contributed by atoms with Crippen molar-refractivity contribution < 1.29 is 42.6 Å². The van der Waals surface area contributed by atoms with E-state index in [9.17, 15) is 27.6 Å². The van der Waals surface area contributed by atoms with E-state index in [4.69, 9.17) is 32.2 Å². The van der Waals surface area contributed by atoms with Crippen molar-refractivity contribution in [3.05, 3.63) is 59.7 Å². The second kappa shape index (κ2) is 14.8. The molecule has 0 heterocycles. The van der Waals surface area contributed by atoms with Crippen molar-refractivity contribution in [2.45, 2.75) is 31.5 Å². The highest BCUT2D eigenvalue weighted by Gasteiger charge is 2.38. The first-order chi connectivity index (χ1) is 17.7. The molecule has 0 unspecified atom stereocenters. The van der Waals surface area contributed by atoms with Gasteiger partial charge in [0.25, 0.3) is 5.91 Å². The van der Waals surface area contributed by atoms with Gasteiger partial charge in [-0.3, -0.25) is 14.4 Å². The highest BCUT2D eigenvalue weighted by Crippen LogP contribution is 2.16. The predicted molar refractivity (Wildman–Crippen MR) is 132 cm³/mol. The topological polar surface area (TPSA) is 223 Å². The van der Waals surface area contributed by atoms with Gasteiger partial charge in [-0.15, -0.1) is 0 Å². The number of hydrogen-bond donors (Lipinski definition) is 7. The Morgan fingerprint density at radius 1 is 0.947 bits per heavy atom. The number of carbonyl (C=O) groups is 4. The van der Waals surface area contributed by atoms with Crippen molar-refractivity contribution >= 4 is 41.1 Å². The van der Waals surface area contributed by atoms with Crippen molar-refractivity contribution in [2.24, 2.45) is 22.2 Å². The zero-order valence-electron chi connectivity index (χ0n) is 19.9. The molecule has 2 rings (SSSR count). The lowest BCUT2D eigenvalue weighted by molar-refractivity contribution is -0.192. The monoisotopic (exact) mass is 540 g/mol. The standard InChI is InChI=1S/C21H26N6O4.C2HF3O2/c22-17(9-10-18(28)29)20(31)25-12-11-13-1-5-15(6-2-13)26-19(30)14-3-7-16(8-4-14)27-21(23)24;3-2(4,5)1(6)7/h1-8,17H,9-12,22H2,(H,25,31)(H,26,30)(H,28,29)(H4,23,24,27);(H,6,7)/t17-;/m0./s1. The maximum Gasteiger partial charge on any atom is 0.490 e. The Hall–Kier alpha value is -4.66. The van der Waals surface area contributed by atoms with Crippen LogP contribution in [0.2, 0.25) is 0 Å². The van der Waals surface area contributed by atoms with E-state index in [1.165, 1.54) is 0 Å². The summed E-state index contributed by atoms with van der Waals surface area (Å²) in [7, 11) is 0. The lowest BCUT2D eigenvalue weighted by atomic mass is 10.1. The van der Waals surface area contributed by atoms with E-state index in [0.717, 1.165) is 5.56 Å². The third-order valence-electron chi connectivity index (χ3n) is 4.56. The Balaban J connectivity index is 0.000000905. The number of nitrogens with two attached hydrogens (primary N) is 3. The van der Waals surface area contributed by atoms with Gasteiger partial charge in [-0.2, -0.15) is 13.2 Å². The van der Waals surface area contributed by atoms with Gasteiger partial charge in [0.05, 0.1) is 11.7 Å². The number of nitrogens with one attached hydrogen (secondary N) is 2. The minimum Gasteiger partial charge on any atom is -0.481 e. The van der Waals surface area contributed by atoms with E-state index in [2.05, 4.69) is 15.6 Å². The quantitative estimate of drug-likeness (QED) is 0.170. The molecule has 38 heavy (non-hydrogen) atoms. The van der Waals surface area contributed by atoms with Gasteiger partial charge < -0.3 is 38.0 Å². The van der Waals surface area contributed by atoms with E-state index in [1.807, 2.05) is 12.1 Å². The third kappa shape index (κ3) is 12.3. The minimum absolute atomic E-state index is 0.0575. The SMILES string of the molecule is NC(N)=Nc1ccc(C(=O)Nc2ccc(CCNC(=O)[C@@H](N)CCC(=O)O)cc2)cc1.O=C(O)C(F)(F)F. The van der Waals surface area contributed by atoms with E-state index < -0.39 is 24.2 Å². The molecule has 0 saturated heterocycles. The van der Waals surface area contributed by atoms with Crippen LogP contribution in [0.4, 0.5) is 24.5 Å². The molecule has 0 bridgehead atoms. The van der Waals surface area contributed by atoms with Crippen LogP contribution in [0.3, 0.4) is 0 Å². The smallest absolute Gasteiger partial charge is 0.481 e. The van der Waals surface area contributed by atoms with E-state index in [-0.39, 0.29) is 30.6 Å². The number of aliphatic imine (C=N–C) groups is 1. The molecule has 15 heteroatoms. The molecule has 2 amide bonds. The summed E-state index contributed by atoms with van der Waals surface area (Å²) in [5, 5.41) is 21.2. The maximum atomic E-state index is 12.3. The van der Waals surface area contributed by atoms with E-state index >= 15 is 0 Å². The van der Waals surface area contributed by atoms with Crippen molar-refractivity contribution in [3.63, 3.8) is 0 Å². The Morgan fingerprint density at radius 3 is 1.97 bits per heavy atom. The number of alkyl halides is 3. The zero-order chi connectivity index (χ0) is 28.9. The number of aliphatic carboxylic acids is 2. The van der Waals surface area contributed by atoms with Crippen LogP contribution in [0, 0.1) is 0 Å². The normalized spacial score (nSPS) is 11.3. The first-order valence-corrected chi connectivity index (χ1v) is 10.8. The molecule has 0 aromatic heterocycles. The molecule has 10 N–H and O–H groups in total. The van der Waals surface area contributed by atoms with Crippen molar-refractivity contribution in [2.75, 3.05) is 11.9 Å². The molecule has 0 aliphatic rings. The average Bonchev–Trinajstić information content (AvgIpc) is 2.83. The third-order valence-corrected chi connectivity index (χ3v) is 4.56. The lowest BCUT2D eigenvalue weighted by Gasteiger charge is -2.11. The number of rotatable bonds is 10. The molecule has 0 radical (unpaired) electrons. The van der Waals surface area contributed by atoms with Crippen LogP contribution >= 0.6 is 0 Å². The van der Waals surface area contributed by atoms with Gasteiger partial charge in [0, 0.05) is 24.2 Å². The molecule has 12 nitrogen and oxygen atoms in total. The number of amides is 2. The molecule has 0 fully saturated rings. The number of hydrogen-bond acceptors (Lipinski definition) is 6. The summed E-state index contributed by atoms with van der Waals surface area (Å²) in [6.45, 7) is 0.369. The molecule has 2 aromatic carbocycles. The number of guanidine groups is 1. The van der Waals surface area contributed by atoms with Crippen molar-refractivity contribution in [3.8, 4) is 0 Å². The highest BCUT2D eigenvalue weighted by molar-refractivity contribution is 6.04. The highest BCUT2D eigenvalue weighted by atomic mass is 19.4. The summed E-state index contributed by atoms with van der Waals surface area (Å²) >= 11 is 0. The van der Waals surface area contributed by atoms with Gasteiger partial charge in [-0.25, -0.2) is 9.79 Å². The number of anilines is 1. The first kappa shape index (κ1) is 31.4. The minimum atomic E-state index is -5.08. The molecule has 0 spiro atoms. The summed E-state index contributed by atoms with van der Waals surface area (Å²) in [5.41, 5.74) is 18.9. The Labute approximate surface area is 214 Å². The largest absolute Gasteiger partial charge is 0.490 e. The van der Waals surface area contributed by atoms with Gasteiger partial charge >= 0.3 is 18.1 Å². The molecular weight excluding hydrogens is 513 g/mol. The summed E-state index contributed by atoms with van der Waals surface area (Å²) < 4.78 is 31.7. The molecule has 0 saturated carbocycles. The van der Waals surface area contributed by atoms with E-state index in [0.29, 0.717) is 29.9 Å². The Morgan fingerprint density at radius 2 is 1.50 bits per heavy atom. The summed E-state index contributed by atoms with van der Waals surface area (Å²) in [4.78, 5) is 47.5. The van der Waals surface area contributed by atoms with Crippen LogP contribution < -0.4 is 27.8 Å². The van der Waals surface area contributed by atoms with Crippen molar-refractivity contribution in [1.29, 1.82) is 0 Å². The number of benzene rings is 2. The van der Waals surface area contributed by atoms with Crippen LogP contribution in [0.5, 0.6) is 0 Å². The molecule has 206 valence electrons. The van der Waals surface area contributed by atoms with E-state index in [1.54, 1.807) is 36.4 Å². The maximum absolute atomic E-state index is 12.3. The average molecular weight is 540 g/mol. The number of nitrogens with zero attached hydrogens (tertiary/aromatic N) is 1. The fraction of sp³-hybridized carbons (Fsp3) is 0.261. The molecule has 2 aromatic rings. The van der Waals surface area contributed by atoms with Gasteiger partial charge in [0.2, 0.25) is 5.91 Å². The number of carboxylic acid groups (broad SMARTS) is 2. The molecule has 0 aliphatic heterocycles. The van der Waals surface area contributed by atoms with Crippen LogP contribution in [0.15, 0.2) is 53.5 Å². The summed E-state index contributed by atoms with van der Waals surface area (Å²) in [5.74, 6) is -4.45. The zero-order valence-corrected chi connectivity index (χ0v) is 19.9. The Kier molecular flexibility index (Phi) is 12.2. The van der Waals surface area contributed by atoms with Crippen LogP contribution in [0.1, 0.15) is 28.8 Å². The van der Waals surface area contributed by atoms with Gasteiger partial charge in [0.1, 0.15) is 0 Å². The fourth-order valence-electron chi connectivity index (χ4n) is 2.67. The fourth-order valence-corrected chi connectivity index (χ4v) is 2.67. The number of carbonyl (C=O) groups excluding carboxylic acids is 2. The molecule has 1 atom stereocenters. The number of halogens is 3. The lowest BCUT2D eigenvalue weighted by Crippen LogP contribution is -2.41. The molecular formula is C23H27F3N6O6.